The van der Waals surface area contributed by atoms with E-state index < -0.39 is 11.9 Å². The fourth-order valence-electron chi connectivity index (χ4n) is 2.14. The van der Waals surface area contributed by atoms with Crippen LogP contribution in [-0.4, -0.2) is 15.8 Å². The van der Waals surface area contributed by atoms with E-state index in [1.165, 1.54) is 28.6 Å². The van der Waals surface area contributed by atoms with Crippen LogP contribution >= 0.6 is 11.3 Å². The van der Waals surface area contributed by atoms with E-state index in [-0.39, 0.29) is 0 Å². The third-order valence-electron chi connectivity index (χ3n) is 3.48. The molecule has 2 heterocycles. The van der Waals surface area contributed by atoms with E-state index in [2.05, 4.69) is 16.5 Å². The van der Waals surface area contributed by atoms with Crippen LogP contribution in [0, 0.1) is 6.92 Å². The first-order valence-corrected chi connectivity index (χ1v) is 7.65. The van der Waals surface area contributed by atoms with Gasteiger partial charge in [0.15, 0.2) is 5.69 Å². The van der Waals surface area contributed by atoms with E-state index in [4.69, 9.17) is 0 Å². The number of hydrogen-bond donors (Lipinski definition) is 1. The third kappa shape index (κ3) is 3.65. The summed E-state index contributed by atoms with van der Waals surface area (Å²) in [6.07, 6.45) is -0.522. The minimum atomic E-state index is -4.38. The maximum absolute atomic E-state index is 12.5. The molecule has 1 saturated carbocycles. The monoisotopic (exact) mass is 315 g/mol. The van der Waals surface area contributed by atoms with E-state index in [1.807, 2.05) is 6.92 Å². The van der Waals surface area contributed by atoms with E-state index in [9.17, 15) is 13.2 Å². The summed E-state index contributed by atoms with van der Waals surface area (Å²) in [6.45, 7) is 3.21. The van der Waals surface area contributed by atoms with Crippen LogP contribution in [0.5, 0.6) is 0 Å². The molecule has 114 valence electrons. The Morgan fingerprint density at radius 3 is 2.81 bits per heavy atom. The predicted molar refractivity (Wildman–Crippen MR) is 75.2 cm³/mol. The fourth-order valence-corrected chi connectivity index (χ4v) is 3.14. The van der Waals surface area contributed by atoms with Crippen LogP contribution in [-0.2, 0) is 19.3 Å². The van der Waals surface area contributed by atoms with Crippen molar-refractivity contribution in [1.29, 1.82) is 0 Å². The van der Waals surface area contributed by atoms with Gasteiger partial charge in [-0.15, -0.1) is 11.3 Å². The summed E-state index contributed by atoms with van der Waals surface area (Å²) in [6, 6.07) is 3.72. The Labute approximate surface area is 124 Å². The number of halogens is 3. The van der Waals surface area contributed by atoms with Crippen molar-refractivity contribution in [3.63, 3.8) is 0 Å². The number of nitrogens with zero attached hydrogens (tertiary/aromatic N) is 2. The Morgan fingerprint density at radius 1 is 1.43 bits per heavy atom. The standard InChI is InChI=1S/C14H16F3N3S/c1-9-10(6-12(21-9)7-18-11-2-3-11)8-20-5-4-13(19-20)14(15,16)17/h4-6,11,18H,2-3,7-8H2,1H3. The highest BCUT2D eigenvalue weighted by Gasteiger charge is 2.33. The van der Waals surface area contributed by atoms with Crippen LogP contribution in [0.15, 0.2) is 18.3 Å². The quantitative estimate of drug-likeness (QED) is 0.914. The number of rotatable bonds is 5. The topological polar surface area (TPSA) is 29.9 Å². The molecule has 2 aromatic rings. The van der Waals surface area contributed by atoms with Crippen molar-refractivity contribution in [2.45, 2.75) is 45.1 Å². The zero-order valence-electron chi connectivity index (χ0n) is 11.6. The van der Waals surface area contributed by atoms with Crippen LogP contribution in [0.4, 0.5) is 13.2 Å². The van der Waals surface area contributed by atoms with Crippen LogP contribution in [0.1, 0.15) is 33.9 Å². The molecule has 1 aliphatic carbocycles. The number of nitrogens with one attached hydrogen (secondary N) is 1. The molecule has 1 fully saturated rings. The number of thiophene rings is 1. The normalized spacial score (nSPS) is 15.6. The molecule has 3 nitrogen and oxygen atoms in total. The Morgan fingerprint density at radius 2 is 2.19 bits per heavy atom. The lowest BCUT2D eigenvalue weighted by Crippen LogP contribution is -2.14. The van der Waals surface area contributed by atoms with Gasteiger partial charge in [-0.25, -0.2) is 0 Å². The molecule has 0 aromatic carbocycles. The molecule has 1 aliphatic rings. The lowest BCUT2D eigenvalue weighted by atomic mass is 10.2. The molecule has 0 radical (unpaired) electrons. The summed E-state index contributed by atoms with van der Waals surface area (Å²) in [4.78, 5) is 2.35. The molecule has 0 bridgehead atoms. The molecule has 0 saturated heterocycles. The molecule has 0 spiro atoms. The highest BCUT2D eigenvalue weighted by atomic mass is 32.1. The van der Waals surface area contributed by atoms with E-state index in [1.54, 1.807) is 11.3 Å². The Kier molecular flexibility index (Phi) is 3.79. The molecule has 2 aromatic heterocycles. The van der Waals surface area contributed by atoms with Crippen LogP contribution in [0.3, 0.4) is 0 Å². The highest BCUT2D eigenvalue weighted by Crippen LogP contribution is 2.28. The van der Waals surface area contributed by atoms with E-state index in [0.29, 0.717) is 12.6 Å². The van der Waals surface area contributed by atoms with Crippen LogP contribution < -0.4 is 5.32 Å². The van der Waals surface area contributed by atoms with Gasteiger partial charge in [-0.1, -0.05) is 0 Å². The van der Waals surface area contributed by atoms with Gasteiger partial charge in [0.25, 0.3) is 0 Å². The second-order valence-corrected chi connectivity index (χ2v) is 6.69. The smallest absolute Gasteiger partial charge is 0.309 e. The summed E-state index contributed by atoms with van der Waals surface area (Å²) in [5.41, 5.74) is 0.190. The summed E-state index contributed by atoms with van der Waals surface area (Å²) >= 11 is 1.69. The number of hydrogen-bond acceptors (Lipinski definition) is 3. The minimum Gasteiger partial charge on any atom is -0.309 e. The summed E-state index contributed by atoms with van der Waals surface area (Å²) in [5, 5.41) is 7.03. The van der Waals surface area contributed by atoms with Crippen molar-refractivity contribution in [3.8, 4) is 0 Å². The van der Waals surface area contributed by atoms with Crippen LogP contribution in [0.2, 0.25) is 0 Å². The van der Waals surface area contributed by atoms with Gasteiger partial charge < -0.3 is 5.32 Å². The average Bonchev–Trinajstić information content (AvgIpc) is 2.99. The summed E-state index contributed by atoms with van der Waals surface area (Å²) in [7, 11) is 0. The van der Waals surface area contributed by atoms with Crippen molar-refractivity contribution in [1.82, 2.24) is 15.1 Å². The first-order valence-electron chi connectivity index (χ1n) is 6.84. The minimum absolute atomic E-state index is 0.377. The maximum Gasteiger partial charge on any atom is 0.435 e. The van der Waals surface area contributed by atoms with Gasteiger partial charge in [-0.2, -0.15) is 18.3 Å². The van der Waals surface area contributed by atoms with Gasteiger partial charge in [-0.3, -0.25) is 4.68 Å². The Balaban J connectivity index is 1.67. The average molecular weight is 315 g/mol. The molecule has 3 rings (SSSR count). The molecule has 0 amide bonds. The Bertz CT molecular complexity index is 626. The Hall–Kier alpha value is -1.34. The zero-order valence-corrected chi connectivity index (χ0v) is 12.4. The summed E-state index contributed by atoms with van der Waals surface area (Å²) < 4.78 is 38.9. The van der Waals surface area contributed by atoms with Gasteiger partial charge in [0.05, 0.1) is 6.54 Å². The van der Waals surface area contributed by atoms with Crippen molar-refractivity contribution in [3.05, 3.63) is 39.3 Å². The number of alkyl halides is 3. The van der Waals surface area contributed by atoms with Crippen LogP contribution in [0.25, 0.3) is 0 Å². The fraction of sp³-hybridized carbons (Fsp3) is 0.500. The van der Waals surface area contributed by atoms with Gasteiger partial charge in [0.1, 0.15) is 0 Å². The van der Waals surface area contributed by atoms with Gasteiger partial charge in [0.2, 0.25) is 0 Å². The van der Waals surface area contributed by atoms with Gasteiger partial charge in [-0.05, 0) is 37.5 Å². The molecule has 0 atom stereocenters. The maximum atomic E-state index is 12.5. The van der Waals surface area contributed by atoms with Crippen molar-refractivity contribution in [2.24, 2.45) is 0 Å². The number of aromatic nitrogens is 2. The van der Waals surface area contributed by atoms with Gasteiger partial charge >= 0.3 is 6.18 Å². The molecule has 1 N–H and O–H groups in total. The van der Waals surface area contributed by atoms with Gasteiger partial charge in [0, 0.05) is 28.5 Å². The molecule has 0 unspecified atom stereocenters. The van der Waals surface area contributed by atoms with E-state index in [0.717, 1.165) is 23.1 Å². The molecule has 0 aliphatic heterocycles. The van der Waals surface area contributed by atoms with Crippen molar-refractivity contribution in [2.75, 3.05) is 0 Å². The third-order valence-corrected chi connectivity index (χ3v) is 4.57. The second kappa shape index (κ2) is 5.46. The summed E-state index contributed by atoms with van der Waals surface area (Å²) in [5.74, 6) is 0. The highest BCUT2D eigenvalue weighted by molar-refractivity contribution is 7.12. The van der Waals surface area contributed by atoms with E-state index >= 15 is 0 Å². The molecular formula is C14H16F3N3S. The number of aryl methyl sites for hydroxylation is 1. The first kappa shape index (κ1) is 14.6. The van der Waals surface area contributed by atoms with Crippen molar-refractivity contribution < 1.29 is 13.2 Å². The molecular weight excluding hydrogens is 299 g/mol. The first-order chi connectivity index (χ1) is 9.91. The molecule has 21 heavy (non-hydrogen) atoms. The SMILES string of the molecule is Cc1sc(CNC2CC2)cc1Cn1ccc(C(F)(F)F)n1. The van der Waals surface area contributed by atoms with Crippen molar-refractivity contribution >= 4 is 11.3 Å². The molecule has 7 heteroatoms. The second-order valence-electron chi connectivity index (χ2n) is 5.35. The lowest BCUT2D eigenvalue weighted by molar-refractivity contribution is -0.141. The predicted octanol–water partition coefficient (Wildman–Crippen LogP) is 3.57. The largest absolute Gasteiger partial charge is 0.435 e. The lowest BCUT2D eigenvalue weighted by Gasteiger charge is -2.02. The zero-order chi connectivity index (χ0) is 15.0.